The zero-order valence-corrected chi connectivity index (χ0v) is 28.6. The minimum absolute atomic E-state index is 0.0315. The van der Waals surface area contributed by atoms with Gasteiger partial charge in [0, 0.05) is 79.6 Å². The number of hydrogen-bond donors (Lipinski definition) is 2. The van der Waals surface area contributed by atoms with Gasteiger partial charge in [0.25, 0.3) is 5.91 Å². The van der Waals surface area contributed by atoms with Crippen molar-refractivity contribution in [3.63, 3.8) is 0 Å². The van der Waals surface area contributed by atoms with E-state index in [9.17, 15) is 19.2 Å². The molecule has 0 saturated carbocycles. The molecule has 0 spiro atoms. The van der Waals surface area contributed by atoms with Gasteiger partial charge in [-0.1, -0.05) is 38.1 Å². The maximum absolute atomic E-state index is 16.1. The predicted molar refractivity (Wildman–Crippen MR) is 197 cm³/mol. The fourth-order valence-electron chi connectivity index (χ4n) is 7.31. The summed E-state index contributed by atoms with van der Waals surface area (Å²) in [5, 5.41) is 3.78. The van der Waals surface area contributed by atoms with Gasteiger partial charge in [-0.05, 0) is 44.6 Å². The van der Waals surface area contributed by atoms with Crippen LogP contribution in [0, 0.1) is 5.82 Å². The second-order valence-corrected chi connectivity index (χ2v) is 13.1. The van der Waals surface area contributed by atoms with Crippen LogP contribution in [0.5, 0.6) is 0 Å². The Morgan fingerprint density at radius 2 is 1.60 bits per heavy atom. The Balaban J connectivity index is 0.00000193. The van der Waals surface area contributed by atoms with Crippen molar-refractivity contribution in [2.45, 2.75) is 32.7 Å². The minimum atomic E-state index is -0.679. The van der Waals surface area contributed by atoms with Crippen LogP contribution < -0.4 is 32.2 Å². The number of likely N-dealkylation sites (N-methyl/N-ethyl adjacent to an activating group) is 1. The van der Waals surface area contributed by atoms with E-state index in [1.807, 2.05) is 13.8 Å². The van der Waals surface area contributed by atoms with Crippen LogP contribution in [0.1, 0.15) is 37.0 Å². The third kappa shape index (κ3) is 5.66. The lowest BCUT2D eigenvalue weighted by atomic mass is 10.0. The van der Waals surface area contributed by atoms with Crippen LogP contribution in [0.15, 0.2) is 67.5 Å². The first kappa shape index (κ1) is 33.6. The highest BCUT2D eigenvalue weighted by Gasteiger charge is 2.29. The van der Waals surface area contributed by atoms with E-state index in [0.717, 1.165) is 38.8 Å². The molecule has 0 radical (unpaired) electrons. The van der Waals surface area contributed by atoms with Crippen molar-refractivity contribution >= 4 is 60.7 Å². The number of benzene rings is 4. The number of amides is 1. The molecule has 12 heteroatoms. The van der Waals surface area contributed by atoms with Crippen LogP contribution in [-0.2, 0) is 0 Å². The first-order valence-electron chi connectivity index (χ1n) is 17.4. The number of pyridine rings is 1. The number of carbonyl (C=O) groups excluding carboxylic acids is 1. The average molecular weight is 681 g/mol. The van der Waals surface area contributed by atoms with Gasteiger partial charge in [0.15, 0.2) is 27.8 Å². The van der Waals surface area contributed by atoms with Crippen LogP contribution in [0.4, 0.5) is 10.1 Å². The van der Waals surface area contributed by atoms with Crippen LogP contribution in [0.3, 0.4) is 0 Å². The van der Waals surface area contributed by atoms with Crippen molar-refractivity contribution in [2.24, 2.45) is 5.73 Å². The van der Waals surface area contributed by atoms with Crippen LogP contribution >= 0.6 is 0 Å². The summed E-state index contributed by atoms with van der Waals surface area (Å²) in [4.78, 5) is 61.1. The summed E-state index contributed by atoms with van der Waals surface area (Å²) in [6.45, 7) is 9.97. The Morgan fingerprint density at radius 1 is 0.920 bits per heavy atom. The molecule has 1 unspecified atom stereocenters. The predicted octanol–water partition coefficient (Wildman–Crippen LogP) is 3.73. The summed E-state index contributed by atoms with van der Waals surface area (Å²) in [6, 6.07) is 10.7. The lowest BCUT2D eigenvalue weighted by Crippen LogP contribution is -2.45. The van der Waals surface area contributed by atoms with E-state index in [1.165, 1.54) is 12.3 Å². The summed E-state index contributed by atoms with van der Waals surface area (Å²) in [6.07, 6.45) is 2.79. The first-order valence-corrected chi connectivity index (χ1v) is 17.4. The molecule has 50 heavy (non-hydrogen) atoms. The number of aromatic nitrogens is 1. The van der Waals surface area contributed by atoms with Gasteiger partial charge in [-0.3, -0.25) is 19.2 Å². The van der Waals surface area contributed by atoms with Crippen molar-refractivity contribution in [2.75, 3.05) is 64.3 Å². The Labute approximate surface area is 287 Å². The number of fused-ring (bicyclic) bond motifs is 4. The number of halogens is 1. The number of carbonyl (C=O) groups is 1. The lowest BCUT2D eigenvalue weighted by molar-refractivity contribution is 0.0948. The molecule has 2 aromatic heterocycles. The van der Waals surface area contributed by atoms with E-state index < -0.39 is 17.2 Å². The van der Waals surface area contributed by atoms with Crippen LogP contribution in [0.2, 0.25) is 0 Å². The smallest absolute Gasteiger partial charge is 0.256 e. The third-order valence-electron chi connectivity index (χ3n) is 9.97. The normalized spacial score (nSPS) is 17.3. The van der Waals surface area contributed by atoms with Gasteiger partial charge in [0.1, 0.15) is 16.8 Å². The molecule has 0 bridgehead atoms. The second kappa shape index (κ2) is 13.4. The first-order chi connectivity index (χ1) is 24.2. The quantitative estimate of drug-likeness (QED) is 0.153. The Morgan fingerprint density at radius 3 is 2.26 bits per heavy atom. The molecule has 8 rings (SSSR count). The molecular weight excluding hydrogens is 639 g/mol. The van der Waals surface area contributed by atoms with Gasteiger partial charge in [-0.25, -0.2) is 4.39 Å². The molecule has 6 aromatic rings. The number of nitrogens with zero attached hydrogens (tertiary/aromatic N) is 4. The van der Waals surface area contributed by atoms with E-state index in [2.05, 4.69) is 22.2 Å². The number of nitrogens with one attached hydrogen (secondary N) is 1. The zero-order chi connectivity index (χ0) is 35.3. The summed E-state index contributed by atoms with van der Waals surface area (Å²) in [5.74, 6) is -1.26. The highest BCUT2D eigenvalue weighted by Crippen LogP contribution is 2.37. The Bertz CT molecular complexity index is 2450. The van der Waals surface area contributed by atoms with E-state index in [-0.39, 0.29) is 61.0 Å². The van der Waals surface area contributed by atoms with E-state index in [0.29, 0.717) is 48.8 Å². The summed E-state index contributed by atoms with van der Waals surface area (Å²) in [5.41, 5.74) is 5.79. The molecule has 1 atom stereocenters. The molecule has 4 heterocycles. The largest absolute Gasteiger partial charge is 0.451 e. The van der Waals surface area contributed by atoms with Gasteiger partial charge < -0.3 is 34.6 Å². The molecule has 0 aliphatic carbocycles. The van der Waals surface area contributed by atoms with Gasteiger partial charge >= 0.3 is 0 Å². The molecule has 11 nitrogen and oxygen atoms in total. The average Bonchev–Trinajstić information content (AvgIpc) is 3.56. The van der Waals surface area contributed by atoms with Crippen molar-refractivity contribution in [1.29, 1.82) is 0 Å². The maximum atomic E-state index is 16.1. The van der Waals surface area contributed by atoms with E-state index in [1.54, 1.807) is 39.6 Å². The second-order valence-electron chi connectivity index (χ2n) is 13.1. The Kier molecular flexibility index (Phi) is 9.02. The number of hydrogen-bond acceptors (Lipinski definition) is 9. The zero-order valence-electron chi connectivity index (χ0n) is 28.6. The van der Waals surface area contributed by atoms with Crippen LogP contribution in [-0.4, -0.2) is 85.6 Å². The van der Waals surface area contributed by atoms with Gasteiger partial charge in [-0.15, -0.1) is 0 Å². The number of anilines is 1. The Hall–Kier alpha value is -4.91. The number of piperazine rings is 1. The lowest BCUT2D eigenvalue weighted by Gasteiger charge is -2.32. The summed E-state index contributed by atoms with van der Waals surface area (Å²) >= 11 is 0. The monoisotopic (exact) mass is 680 g/mol. The van der Waals surface area contributed by atoms with Gasteiger partial charge in [0.2, 0.25) is 5.43 Å². The van der Waals surface area contributed by atoms with Crippen molar-refractivity contribution in [1.82, 2.24) is 19.5 Å². The summed E-state index contributed by atoms with van der Waals surface area (Å²) in [7, 11) is 2.10. The number of rotatable bonds is 6. The molecule has 2 fully saturated rings. The molecule has 2 saturated heterocycles. The van der Waals surface area contributed by atoms with E-state index in [4.69, 9.17) is 10.2 Å². The summed E-state index contributed by atoms with van der Waals surface area (Å²) < 4.78 is 24.1. The van der Waals surface area contributed by atoms with Crippen LogP contribution in [0.25, 0.3) is 49.1 Å². The van der Waals surface area contributed by atoms with Gasteiger partial charge in [0.05, 0.1) is 10.9 Å². The van der Waals surface area contributed by atoms with Crippen molar-refractivity contribution in [3.05, 3.63) is 90.7 Å². The van der Waals surface area contributed by atoms with Crippen molar-refractivity contribution in [3.8, 4) is 0 Å². The molecule has 3 N–H and O–H groups in total. The number of nitrogens with two attached hydrogens (primary N) is 1. The third-order valence-corrected chi connectivity index (χ3v) is 9.97. The highest BCUT2D eigenvalue weighted by atomic mass is 19.1. The SMILES string of the molecule is CC.CN1CCN(CCCNC(=O)c2cn3c4cc5c(=O)c6ccccc6c(=O)c5cc4oc4c(N5CCC(N)C5)c(F)cc(c2=O)c43)CC1. The molecule has 4 aromatic carbocycles. The molecule has 260 valence electrons. The maximum Gasteiger partial charge on any atom is 0.256 e. The molecule has 2 aliphatic rings. The molecular formula is C38H41FN6O5. The van der Waals surface area contributed by atoms with E-state index >= 15 is 4.39 Å². The highest BCUT2D eigenvalue weighted by molar-refractivity contribution is 6.08. The van der Waals surface area contributed by atoms with Gasteiger partial charge in [-0.2, -0.15) is 0 Å². The standard InChI is InChI=1S/C36H35FN6O5.C2H6/c1-40-11-13-41(14-12-40)9-4-8-39-36(47)26-19-43-28-16-23-24(33(45)22-6-3-2-5-21(22)32(23)44)17-29(28)48-35-30(43)25(34(26)46)15-27(37)31(35)42-10-7-20(38)18-42;1-2/h2-3,5-6,15-17,19-20H,4,7-14,18,38H2,1H3,(H,39,47);1-2H3. The van der Waals surface area contributed by atoms with Crippen molar-refractivity contribution < 1.29 is 13.6 Å². The fourth-order valence-corrected chi connectivity index (χ4v) is 7.31. The topological polar surface area (TPSA) is 134 Å². The minimum Gasteiger partial charge on any atom is -0.451 e. The fraction of sp³-hybridized carbons (Fsp3) is 0.368. The molecule has 2 aliphatic heterocycles. The molecule has 1 amide bonds.